The second-order valence-electron chi connectivity index (χ2n) is 2.81. The average Bonchev–Trinajstić information content (AvgIpc) is 2.02. The van der Waals surface area contributed by atoms with Crippen molar-refractivity contribution in [2.75, 3.05) is 11.1 Å². The highest BCUT2D eigenvalue weighted by atomic mass is 79.9. The highest BCUT2D eigenvalue weighted by molar-refractivity contribution is 9.09. The molecule has 0 spiro atoms. The molecule has 3 N–H and O–H groups in total. The lowest BCUT2D eigenvalue weighted by molar-refractivity contribution is 0.102. The number of nitrogens with two attached hydrogens (primary N) is 1. The molecule has 3 nitrogen and oxygen atoms in total. The van der Waals surface area contributed by atoms with Gasteiger partial charge in [0.2, 0.25) is 0 Å². The molecular formula is C9H10BrNO2. The van der Waals surface area contributed by atoms with Gasteiger partial charge in [-0.25, -0.2) is 0 Å². The van der Waals surface area contributed by atoms with E-state index in [1.807, 2.05) is 0 Å². The molecule has 13 heavy (non-hydrogen) atoms. The number of carbonyl (C=O) groups excluding carboxylic acids is 1. The summed E-state index contributed by atoms with van der Waals surface area (Å²) in [7, 11) is 0. The molecular weight excluding hydrogens is 234 g/mol. The maximum Gasteiger partial charge on any atom is 0.179 e. The quantitative estimate of drug-likeness (QED) is 0.474. The third kappa shape index (κ3) is 2.01. The molecule has 0 saturated carbocycles. The van der Waals surface area contributed by atoms with E-state index < -0.39 is 0 Å². The van der Waals surface area contributed by atoms with Crippen LogP contribution in [-0.2, 0) is 0 Å². The van der Waals surface area contributed by atoms with E-state index in [-0.39, 0.29) is 22.4 Å². The van der Waals surface area contributed by atoms with Gasteiger partial charge in [-0.15, -0.1) is 0 Å². The van der Waals surface area contributed by atoms with Gasteiger partial charge in [0.1, 0.15) is 5.75 Å². The second kappa shape index (κ2) is 3.79. The third-order valence-corrected chi connectivity index (χ3v) is 2.20. The summed E-state index contributed by atoms with van der Waals surface area (Å²) in [5.41, 5.74) is 6.95. The number of hydrogen-bond acceptors (Lipinski definition) is 3. The summed E-state index contributed by atoms with van der Waals surface area (Å²) in [6.07, 6.45) is 0. The van der Waals surface area contributed by atoms with Crippen molar-refractivity contribution >= 4 is 27.4 Å². The first-order valence-corrected chi connectivity index (χ1v) is 4.86. The van der Waals surface area contributed by atoms with Crippen LogP contribution >= 0.6 is 15.9 Å². The number of halogens is 1. The Morgan fingerprint density at radius 1 is 1.62 bits per heavy atom. The summed E-state index contributed by atoms with van der Waals surface area (Å²) < 4.78 is 0. The summed E-state index contributed by atoms with van der Waals surface area (Å²) in [6, 6.07) is 3.18. The number of aryl methyl sites for hydroxylation is 1. The first-order valence-electron chi connectivity index (χ1n) is 3.74. The molecule has 0 aromatic heterocycles. The number of carbonyl (C=O) groups is 1. The number of benzene rings is 1. The molecule has 0 saturated heterocycles. The molecule has 1 rings (SSSR count). The summed E-state index contributed by atoms with van der Waals surface area (Å²) in [4.78, 5) is 11.3. The third-order valence-electron chi connectivity index (χ3n) is 1.69. The predicted molar refractivity (Wildman–Crippen MR) is 55.4 cm³/mol. The van der Waals surface area contributed by atoms with Crippen molar-refractivity contribution in [3.63, 3.8) is 0 Å². The van der Waals surface area contributed by atoms with Crippen LogP contribution in [-0.4, -0.2) is 16.2 Å². The molecule has 0 fully saturated rings. The Morgan fingerprint density at radius 2 is 2.23 bits per heavy atom. The van der Waals surface area contributed by atoms with E-state index in [1.165, 1.54) is 6.07 Å². The number of alkyl halides is 1. The molecule has 1 aromatic rings. The van der Waals surface area contributed by atoms with Crippen LogP contribution in [0.5, 0.6) is 5.75 Å². The molecule has 0 atom stereocenters. The standard InChI is InChI=1S/C9H10BrNO2/c1-5-2-6(11)9(7(12)3-5)8(13)4-10/h2-3,12H,4,11H2,1H3. The maximum absolute atomic E-state index is 11.3. The minimum Gasteiger partial charge on any atom is -0.507 e. The number of Topliss-reactive ketones (excluding diaryl/α,β-unsaturated/α-hetero) is 1. The smallest absolute Gasteiger partial charge is 0.179 e. The van der Waals surface area contributed by atoms with E-state index in [9.17, 15) is 9.90 Å². The molecule has 0 heterocycles. The Labute approximate surface area is 84.7 Å². The number of nitrogen functional groups attached to an aromatic ring is 1. The molecule has 1 aromatic carbocycles. The maximum atomic E-state index is 11.3. The molecule has 70 valence electrons. The van der Waals surface area contributed by atoms with Crippen molar-refractivity contribution < 1.29 is 9.90 Å². The van der Waals surface area contributed by atoms with Gasteiger partial charge in [0.25, 0.3) is 0 Å². The van der Waals surface area contributed by atoms with Gasteiger partial charge in [0.05, 0.1) is 10.9 Å². The van der Waals surface area contributed by atoms with Gasteiger partial charge in [-0.2, -0.15) is 0 Å². The van der Waals surface area contributed by atoms with Crippen LogP contribution in [0.25, 0.3) is 0 Å². The molecule has 0 unspecified atom stereocenters. The summed E-state index contributed by atoms with van der Waals surface area (Å²) in [6.45, 7) is 1.80. The van der Waals surface area contributed by atoms with Crippen molar-refractivity contribution in [3.8, 4) is 5.75 Å². The predicted octanol–water partition coefficient (Wildman–Crippen LogP) is 1.86. The number of rotatable bonds is 2. The van der Waals surface area contributed by atoms with Gasteiger partial charge in [0, 0.05) is 5.69 Å². The SMILES string of the molecule is Cc1cc(N)c(C(=O)CBr)c(O)c1. The molecule has 4 heteroatoms. The van der Waals surface area contributed by atoms with Gasteiger partial charge in [-0.1, -0.05) is 15.9 Å². The van der Waals surface area contributed by atoms with Gasteiger partial charge >= 0.3 is 0 Å². The lowest BCUT2D eigenvalue weighted by Crippen LogP contribution is -2.05. The summed E-state index contributed by atoms with van der Waals surface area (Å²) in [5, 5.41) is 9.61. The first kappa shape index (κ1) is 10.1. The minimum atomic E-state index is -0.213. The zero-order chi connectivity index (χ0) is 10.0. The molecule has 0 aliphatic rings. The van der Waals surface area contributed by atoms with Crippen LogP contribution in [0.1, 0.15) is 15.9 Å². The lowest BCUT2D eigenvalue weighted by atomic mass is 10.1. The van der Waals surface area contributed by atoms with Crippen LogP contribution < -0.4 is 5.73 Å². The van der Waals surface area contributed by atoms with Crippen LogP contribution in [0.2, 0.25) is 0 Å². The Balaban J connectivity index is 3.28. The van der Waals surface area contributed by atoms with E-state index in [1.54, 1.807) is 13.0 Å². The van der Waals surface area contributed by atoms with E-state index in [0.717, 1.165) is 5.56 Å². The highest BCUT2D eigenvalue weighted by Gasteiger charge is 2.13. The molecule has 0 aliphatic heterocycles. The van der Waals surface area contributed by atoms with E-state index >= 15 is 0 Å². The minimum absolute atomic E-state index is 0.0537. The van der Waals surface area contributed by atoms with Crippen LogP contribution in [0, 0.1) is 6.92 Å². The second-order valence-corrected chi connectivity index (χ2v) is 3.37. The number of hydrogen-bond donors (Lipinski definition) is 2. The number of anilines is 1. The normalized spacial score (nSPS) is 10.0. The zero-order valence-corrected chi connectivity index (χ0v) is 8.76. The van der Waals surface area contributed by atoms with Gasteiger partial charge in [0.15, 0.2) is 5.78 Å². The Hall–Kier alpha value is -1.03. The number of ketones is 1. The monoisotopic (exact) mass is 243 g/mol. The van der Waals surface area contributed by atoms with Crippen molar-refractivity contribution in [2.24, 2.45) is 0 Å². The Morgan fingerprint density at radius 3 is 2.69 bits per heavy atom. The topological polar surface area (TPSA) is 63.3 Å². The number of phenols is 1. The van der Waals surface area contributed by atoms with E-state index in [2.05, 4.69) is 15.9 Å². The molecule has 0 radical (unpaired) electrons. The number of aromatic hydroxyl groups is 1. The summed E-state index contributed by atoms with van der Waals surface area (Å²) >= 11 is 3.02. The number of phenolic OH excluding ortho intramolecular Hbond substituents is 1. The lowest BCUT2D eigenvalue weighted by Gasteiger charge is -2.06. The van der Waals surface area contributed by atoms with E-state index in [0.29, 0.717) is 5.69 Å². The van der Waals surface area contributed by atoms with Crippen LogP contribution in [0.4, 0.5) is 5.69 Å². The van der Waals surface area contributed by atoms with Crippen molar-refractivity contribution in [1.82, 2.24) is 0 Å². The van der Waals surface area contributed by atoms with Crippen molar-refractivity contribution in [2.45, 2.75) is 6.92 Å². The van der Waals surface area contributed by atoms with Gasteiger partial charge in [-0.3, -0.25) is 4.79 Å². The molecule has 0 bridgehead atoms. The van der Waals surface area contributed by atoms with Crippen LogP contribution in [0.3, 0.4) is 0 Å². The fraction of sp³-hybridized carbons (Fsp3) is 0.222. The van der Waals surface area contributed by atoms with Crippen LogP contribution in [0.15, 0.2) is 12.1 Å². The fourth-order valence-corrected chi connectivity index (χ4v) is 1.45. The van der Waals surface area contributed by atoms with Gasteiger partial charge in [-0.05, 0) is 24.6 Å². The molecule has 0 amide bonds. The fourth-order valence-electron chi connectivity index (χ4n) is 1.17. The summed E-state index contributed by atoms with van der Waals surface area (Å²) in [5.74, 6) is -0.267. The van der Waals surface area contributed by atoms with Gasteiger partial charge < -0.3 is 10.8 Å². The first-order chi connectivity index (χ1) is 6.06. The zero-order valence-electron chi connectivity index (χ0n) is 7.17. The van der Waals surface area contributed by atoms with Crippen molar-refractivity contribution in [3.05, 3.63) is 23.3 Å². The highest BCUT2D eigenvalue weighted by Crippen LogP contribution is 2.26. The Kier molecular flexibility index (Phi) is 2.93. The van der Waals surface area contributed by atoms with E-state index in [4.69, 9.17) is 5.73 Å². The molecule has 0 aliphatic carbocycles. The Bertz CT molecular complexity index is 326. The largest absolute Gasteiger partial charge is 0.507 e. The average molecular weight is 244 g/mol. The van der Waals surface area contributed by atoms with Crippen molar-refractivity contribution in [1.29, 1.82) is 0 Å².